The van der Waals surface area contributed by atoms with Crippen molar-refractivity contribution in [1.82, 2.24) is 24.8 Å². The number of aromatic nitrogens is 1. The number of hydrogen-bond donors (Lipinski definition) is 0. The Labute approximate surface area is 173 Å². The Balaban J connectivity index is 1.60. The van der Waals surface area contributed by atoms with Crippen LogP contribution in [0.15, 0.2) is 4.52 Å². The summed E-state index contributed by atoms with van der Waals surface area (Å²) in [6, 6.07) is 0.107. The van der Waals surface area contributed by atoms with Crippen molar-refractivity contribution in [2.24, 2.45) is 0 Å². The summed E-state index contributed by atoms with van der Waals surface area (Å²) >= 11 is 0. The summed E-state index contributed by atoms with van der Waals surface area (Å²) < 4.78 is 5.18. The van der Waals surface area contributed by atoms with E-state index >= 15 is 0 Å². The molecular weight excluding hydrogens is 370 g/mol. The summed E-state index contributed by atoms with van der Waals surface area (Å²) in [4.78, 5) is 33.6. The van der Waals surface area contributed by atoms with Crippen LogP contribution in [-0.2, 0) is 11.2 Å². The molecule has 2 saturated heterocycles. The van der Waals surface area contributed by atoms with E-state index in [9.17, 15) is 9.59 Å². The van der Waals surface area contributed by atoms with Gasteiger partial charge in [0.1, 0.15) is 5.76 Å². The zero-order chi connectivity index (χ0) is 21.0. The van der Waals surface area contributed by atoms with E-state index in [1.54, 1.807) is 19.0 Å². The minimum absolute atomic E-state index is 0.0343. The van der Waals surface area contributed by atoms with E-state index in [0.29, 0.717) is 31.8 Å². The molecule has 0 aliphatic carbocycles. The molecule has 8 heteroatoms. The van der Waals surface area contributed by atoms with Crippen LogP contribution in [0.25, 0.3) is 0 Å². The second kappa shape index (κ2) is 9.61. The van der Waals surface area contributed by atoms with Crippen molar-refractivity contribution in [3.63, 3.8) is 0 Å². The quantitative estimate of drug-likeness (QED) is 0.723. The van der Waals surface area contributed by atoms with Gasteiger partial charge < -0.3 is 24.1 Å². The van der Waals surface area contributed by atoms with Crippen molar-refractivity contribution in [3.05, 3.63) is 17.0 Å². The Hall–Kier alpha value is -2.09. The number of aryl methyl sites for hydroxylation is 2. The molecule has 2 aliphatic heterocycles. The molecule has 0 saturated carbocycles. The minimum Gasteiger partial charge on any atom is -0.361 e. The lowest BCUT2D eigenvalue weighted by Gasteiger charge is -2.34. The normalized spacial score (nSPS) is 20.1. The van der Waals surface area contributed by atoms with Gasteiger partial charge in [-0.2, -0.15) is 0 Å². The lowest BCUT2D eigenvalue weighted by Crippen LogP contribution is -2.50. The fourth-order valence-electron chi connectivity index (χ4n) is 4.36. The van der Waals surface area contributed by atoms with Crippen molar-refractivity contribution in [1.29, 1.82) is 0 Å². The molecule has 3 rings (SSSR count). The maximum Gasteiger partial charge on any atom is 0.319 e. The van der Waals surface area contributed by atoms with Crippen molar-refractivity contribution in [2.45, 2.75) is 52.0 Å². The molecule has 3 heterocycles. The van der Waals surface area contributed by atoms with Crippen LogP contribution in [0, 0.1) is 13.8 Å². The van der Waals surface area contributed by atoms with Crippen LogP contribution in [0.2, 0.25) is 0 Å². The first-order chi connectivity index (χ1) is 13.9. The number of nitrogens with zero attached hydrogens (tertiary/aromatic N) is 5. The molecule has 1 atom stereocenters. The van der Waals surface area contributed by atoms with Crippen molar-refractivity contribution in [2.75, 3.05) is 53.4 Å². The van der Waals surface area contributed by atoms with Gasteiger partial charge in [0.25, 0.3) is 0 Å². The second-order valence-corrected chi connectivity index (χ2v) is 8.53. The Morgan fingerprint density at radius 1 is 1.14 bits per heavy atom. The van der Waals surface area contributed by atoms with Gasteiger partial charge in [0, 0.05) is 45.8 Å². The summed E-state index contributed by atoms with van der Waals surface area (Å²) in [7, 11) is 3.59. The molecular formula is C21H35N5O3. The lowest BCUT2D eigenvalue weighted by molar-refractivity contribution is -0.129. The van der Waals surface area contributed by atoms with Gasteiger partial charge in [-0.05, 0) is 46.2 Å². The van der Waals surface area contributed by atoms with Gasteiger partial charge in [0.15, 0.2) is 0 Å². The lowest BCUT2D eigenvalue weighted by atomic mass is 10.1. The summed E-state index contributed by atoms with van der Waals surface area (Å²) in [6.07, 6.45) is 4.93. The number of carbonyl (C=O) groups is 2. The number of likely N-dealkylation sites (tertiary alicyclic amines) is 2. The van der Waals surface area contributed by atoms with E-state index < -0.39 is 0 Å². The van der Waals surface area contributed by atoms with Crippen LogP contribution in [0.5, 0.6) is 0 Å². The zero-order valence-corrected chi connectivity index (χ0v) is 18.3. The molecule has 0 N–H and O–H groups in total. The van der Waals surface area contributed by atoms with Crippen LogP contribution in [0.4, 0.5) is 4.79 Å². The first-order valence-corrected chi connectivity index (χ1v) is 10.8. The van der Waals surface area contributed by atoms with Crippen molar-refractivity contribution in [3.8, 4) is 0 Å². The van der Waals surface area contributed by atoms with Gasteiger partial charge >= 0.3 is 6.03 Å². The Morgan fingerprint density at radius 3 is 2.48 bits per heavy atom. The van der Waals surface area contributed by atoms with Crippen molar-refractivity contribution >= 4 is 11.9 Å². The molecule has 0 bridgehead atoms. The smallest absolute Gasteiger partial charge is 0.319 e. The molecule has 1 aromatic rings. The van der Waals surface area contributed by atoms with E-state index in [1.807, 2.05) is 23.6 Å². The molecule has 2 fully saturated rings. The van der Waals surface area contributed by atoms with E-state index in [-0.39, 0.29) is 18.0 Å². The average molecular weight is 406 g/mol. The minimum atomic E-state index is 0.0343. The highest BCUT2D eigenvalue weighted by Crippen LogP contribution is 2.20. The van der Waals surface area contributed by atoms with Crippen LogP contribution < -0.4 is 0 Å². The summed E-state index contributed by atoms with van der Waals surface area (Å²) in [6.45, 7) is 8.86. The van der Waals surface area contributed by atoms with Gasteiger partial charge in [-0.3, -0.25) is 4.79 Å². The van der Waals surface area contributed by atoms with E-state index in [0.717, 1.165) is 37.3 Å². The molecule has 0 spiro atoms. The van der Waals surface area contributed by atoms with E-state index in [4.69, 9.17) is 4.52 Å². The van der Waals surface area contributed by atoms with Crippen LogP contribution in [0.1, 0.15) is 42.7 Å². The highest BCUT2D eigenvalue weighted by atomic mass is 16.5. The number of hydrogen-bond acceptors (Lipinski definition) is 5. The summed E-state index contributed by atoms with van der Waals surface area (Å²) in [5.41, 5.74) is 1.65. The number of urea groups is 1. The molecule has 1 unspecified atom stereocenters. The predicted octanol–water partition coefficient (Wildman–Crippen LogP) is 1.90. The van der Waals surface area contributed by atoms with Gasteiger partial charge in [0.2, 0.25) is 5.91 Å². The maximum absolute atomic E-state index is 12.8. The molecule has 0 radical (unpaired) electrons. The first-order valence-electron chi connectivity index (χ1n) is 10.8. The third-order valence-corrected chi connectivity index (χ3v) is 6.20. The third-order valence-electron chi connectivity index (χ3n) is 6.20. The molecule has 2 aliphatic rings. The molecule has 0 aromatic carbocycles. The van der Waals surface area contributed by atoms with Gasteiger partial charge in [0.05, 0.1) is 18.2 Å². The number of carbonyl (C=O) groups excluding carboxylic acids is 2. The standard InChI is InChI=1S/C21H35N5O3/c1-16-19(17(2)29-22-16)14-20(27)25-11-8-18(15-25)26(21(28)23(3)4)13-12-24-9-6-5-7-10-24/h18H,5-15H2,1-4H3. The highest BCUT2D eigenvalue weighted by Gasteiger charge is 2.34. The number of rotatable bonds is 6. The Bertz CT molecular complexity index is 692. The molecule has 162 valence electrons. The number of amides is 3. The van der Waals surface area contributed by atoms with Gasteiger partial charge in [-0.1, -0.05) is 11.6 Å². The molecule has 1 aromatic heterocycles. The first kappa shape index (κ1) is 21.6. The SMILES string of the molecule is Cc1noc(C)c1CC(=O)N1CCC(N(CCN2CCCCC2)C(=O)N(C)C)C1. The van der Waals surface area contributed by atoms with Crippen LogP contribution in [0.3, 0.4) is 0 Å². The van der Waals surface area contributed by atoms with E-state index in [2.05, 4.69) is 10.1 Å². The Morgan fingerprint density at radius 2 is 1.86 bits per heavy atom. The highest BCUT2D eigenvalue weighted by molar-refractivity contribution is 5.80. The average Bonchev–Trinajstić information content (AvgIpc) is 3.31. The fraction of sp³-hybridized carbons (Fsp3) is 0.762. The van der Waals surface area contributed by atoms with Crippen molar-refractivity contribution < 1.29 is 14.1 Å². The monoisotopic (exact) mass is 405 g/mol. The summed E-state index contributed by atoms with van der Waals surface area (Å²) in [5, 5.41) is 3.94. The van der Waals surface area contributed by atoms with E-state index in [1.165, 1.54) is 19.3 Å². The third kappa shape index (κ3) is 5.29. The molecule has 29 heavy (non-hydrogen) atoms. The zero-order valence-electron chi connectivity index (χ0n) is 18.3. The fourth-order valence-corrected chi connectivity index (χ4v) is 4.36. The van der Waals surface area contributed by atoms with Gasteiger partial charge in [-0.25, -0.2) is 4.79 Å². The Kier molecular flexibility index (Phi) is 7.16. The molecule has 8 nitrogen and oxygen atoms in total. The molecule has 3 amide bonds. The second-order valence-electron chi connectivity index (χ2n) is 8.53. The number of piperidine rings is 1. The largest absolute Gasteiger partial charge is 0.361 e. The topological polar surface area (TPSA) is 73.1 Å². The van der Waals surface area contributed by atoms with Crippen LogP contribution in [-0.4, -0.2) is 96.1 Å². The predicted molar refractivity (Wildman–Crippen MR) is 111 cm³/mol. The summed E-state index contributed by atoms with van der Waals surface area (Å²) in [5.74, 6) is 0.785. The van der Waals surface area contributed by atoms with Crippen LogP contribution >= 0.6 is 0 Å². The van der Waals surface area contributed by atoms with Gasteiger partial charge in [-0.15, -0.1) is 0 Å². The maximum atomic E-state index is 12.8.